The molecule has 1 saturated heterocycles. The van der Waals surface area contributed by atoms with Gasteiger partial charge in [-0.1, -0.05) is 84.8 Å². The van der Waals surface area contributed by atoms with Crippen LogP contribution in [0, 0.1) is 0 Å². The van der Waals surface area contributed by atoms with Gasteiger partial charge in [-0.05, 0) is 66.4 Å². The van der Waals surface area contributed by atoms with E-state index in [9.17, 15) is 14.7 Å². The van der Waals surface area contributed by atoms with Gasteiger partial charge in [0.05, 0.1) is 18.2 Å². The van der Waals surface area contributed by atoms with Crippen molar-refractivity contribution in [1.82, 2.24) is 10.2 Å². The van der Waals surface area contributed by atoms with Crippen molar-refractivity contribution in [3.8, 4) is 11.5 Å². The van der Waals surface area contributed by atoms with Crippen LogP contribution in [0.25, 0.3) is 5.76 Å². The van der Waals surface area contributed by atoms with E-state index in [0.717, 1.165) is 36.1 Å². The summed E-state index contributed by atoms with van der Waals surface area (Å²) in [5, 5.41) is 21.2. The summed E-state index contributed by atoms with van der Waals surface area (Å²) in [6, 6.07) is 19.2. The van der Waals surface area contributed by atoms with E-state index in [1.54, 1.807) is 12.1 Å². The number of ether oxygens (including phenoxy) is 2. The number of Topliss-reactive ketones (excluding diaryl/α,β-unsaturated/α-hetero) is 1. The van der Waals surface area contributed by atoms with Crippen LogP contribution in [0.15, 0.2) is 76.6 Å². The molecule has 0 spiro atoms. The molecule has 8 nitrogen and oxygen atoms in total. The van der Waals surface area contributed by atoms with Crippen LogP contribution in [0.2, 0.25) is 5.02 Å². The van der Waals surface area contributed by atoms with Gasteiger partial charge in [0.25, 0.3) is 5.78 Å². The van der Waals surface area contributed by atoms with Crippen molar-refractivity contribution >= 4 is 57.3 Å². The summed E-state index contributed by atoms with van der Waals surface area (Å²) in [4.78, 5) is 28.8. The third-order valence-electron chi connectivity index (χ3n) is 7.72. The Balaban J connectivity index is 1.38. The minimum atomic E-state index is -0.943. The van der Waals surface area contributed by atoms with E-state index in [2.05, 4.69) is 17.1 Å². The first-order valence-electron chi connectivity index (χ1n) is 14.9. The number of thioether (sulfide) groups is 1. The zero-order chi connectivity index (χ0) is 31.5. The topological polar surface area (TPSA) is 102 Å². The Kier molecular flexibility index (Phi) is 9.44. The molecule has 232 valence electrons. The highest BCUT2D eigenvalue weighted by atomic mass is 35.5. The zero-order valence-electron chi connectivity index (χ0n) is 24.9. The van der Waals surface area contributed by atoms with E-state index in [-0.39, 0.29) is 22.6 Å². The minimum Gasteiger partial charge on any atom is -0.507 e. The van der Waals surface area contributed by atoms with Crippen molar-refractivity contribution in [2.24, 2.45) is 0 Å². The lowest BCUT2D eigenvalue weighted by atomic mass is 9.94. The third-order valence-corrected chi connectivity index (χ3v) is 10.2. The quantitative estimate of drug-likeness (QED) is 0.0431. The normalized spacial score (nSPS) is 18.7. The maximum Gasteiger partial charge on any atom is 0.301 e. The second-order valence-corrected chi connectivity index (χ2v) is 13.6. The Morgan fingerprint density at radius 2 is 1.96 bits per heavy atom. The molecule has 2 aliphatic rings. The average molecular weight is 662 g/mol. The van der Waals surface area contributed by atoms with Crippen molar-refractivity contribution in [3.63, 3.8) is 0 Å². The van der Waals surface area contributed by atoms with Gasteiger partial charge in [0.2, 0.25) is 5.13 Å². The smallest absolute Gasteiger partial charge is 0.301 e. The summed E-state index contributed by atoms with van der Waals surface area (Å²) in [6.45, 7) is 4.66. The van der Waals surface area contributed by atoms with Gasteiger partial charge in [0, 0.05) is 22.8 Å². The van der Waals surface area contributed by atoms with Crippen molar-refractivity contribution in [2.45, 2.75) is 61.8 Å². The Labute approximate surface area is 275 Å². The number of carbonyl (C=O) groups is 2. The van der Waals surface area contributed by atoms with E-state index < -0.39 is 17.7 Å². The number of anilines is 1. The zero-order valence-corrected chi connectivity index (χ0v) is 27.3. The number of hydrogen-bond donors (Lipinski definition) is 1. The number of nitrogens with zero attached hydrogens (tertiary/aromatic N) is 3. The van der Waals surface area contributed by atoms with Crippen LogP contribution in [-0.4, -0.2) is 39.7 Å². The largest absolute Gasteiger partial charge is 0.507 e. The molecule has 2 aliphatic heterocycles. The summed E-state index contributed by atoms with van der Waals surface area (Å²) in [5.74, 6) is 0.0976. The number of fused-ring (bicyclic) bond motifs is 1. The molecule has 2 unspecified atom stereocenters. The SMILES string of the molecule is CCCCCOc1cccc(C2C(=C(O)c3ccc4c(c3)CC(C)O4)C(=O)C(=O)N2c2nnc(SCc3ccccc3Cl)s2)c1. The predicted molar refractivity (Wildman–Crippen MR) is 177 cm³/mol. The standard InChI is InChI=1S/C34H32ClN3O5S2/c1-3-4-7-15-42-25-11-8-10-21(18-25)29-28(30(39)22-13-14-27-24(17-22)16-20(2)43-27)31(40)32(41)38(29)33-36-37-34(45-33)44-19-23-9-5-6-12-26(23)35/h5-6,8-14,17-18,20,29,39H,3-4,7,15-16,19H2,1-2H3. The highest BCUT2D eigenvalue weighted by molar-refractivity contribution is 8.00. The fraction of sp³-hybridized carbons (Fsp3) is 0.294. The molecule has 3 aromatic carbocycles. The number of benzene rings is 3. The van der Waals surface area contributed by atoms with Crippen molar-refractivity contribution in [3.05, 3.63) is 99.6 Å². The first kappa shape index (κ1) is 31.1. The highest BCUT2D eigenvalue weighted by Gasteiger charge is 2.48. The fourth-order valence-corrected chi connectivity index (χ4v) is 7.65. The van der Waals surface area contributed by atoms with Crippen LogP contribution in [0.4, 0.5) is 5.13 Å². The number of unbranched alkanes of at least 4 members (excludes halogenated alkanes) is 2. The van der Waals surface area contributed by atoms with Crippen LogP contribution < -0.4 is 14.4 Å². The molecule has 1 fully saturated rings. The molecule has 0 saturated carbocycles. The number of amides is 1. The number of aliphatic hydroxyl groups excluding tert-OH is 1. The molecule has 0 bridgehead atoms. The number of hydrogen-bond acceptors (Lipinski definition) is 9. The summed E-state index contributed by atoms with van der Waals surface area (Å²) in [6.07, 6.45) is 3.75. The van der Waals surface area contributed by atoms with Crippen LogP contribution in [0.1, 0.15) is 61.4 Å². The van der Waals surface area contributed by atoms with Crippen molar-refractivity contribution < 1.29 is 24.2 Å². The van der Waals surface area contributed by atoms with Crippen molar-refractivity contribution in [1.29, 1.82) is 0 Å². The number of ketones is 1. The Hall–Kier alpha value is -3.86. The third kappa shape index (κ3) is 6.59. The summed E-state index contributed by atoms with van der Waals surface area (Å²) in [5.41, 5.74) is 2.92. The lowest BCUT2D eigenvalue weighted by molar-refractivity contribution is -0.132. The van der Waals surface area contributed by atoms with Gasteiger partial charge < -0.3 is 14.6 Å². The minimum absolute atomic E-state index is 0.0180. The number of carbonyl (C=O) groups excluding carboxylic acids is 2. The van der Waals surface area contributed by atoms with Gasteiger partial charge in [-0.15, -0.1) is 10.2 Å². The predicted octanol–water partition coefficient (Wildman–Crippen LogP) is 8.00. The van der Waals surface area contributed by atoms with Gasteiger partial charge in [0.1, 0.15) is 23.4 Å². The van der Waals surface area contributed by atoms with Gasteiger partial charge in [0.15, 0.2) is 4.34 Å². The van der Waals surface area contributed by atoms with Crippen molar-refractivity contribution in [2.75, 3.05) is 11.5 Å². The second-order valence-electron chi connectivity index (χ2n) is 11.0. The van der Waals surface area contributed by atoms with Crippen LogP contribution >= 0.6 is 34.7 Å². The fourth-order valence-electron chi connectivity index (χ4n) is 5.50. The van der Waals surface area contributed by atoms with Gasteiger partial charge in [-0.25, -0.2) is 0 Å². The first-order chi connectivity index (χ1) is 21.8. The molecular formula is C34H32ClN3O5S2. The van der Waals surface area contributed by atoms with E-state index in [1.165, 1.54) is 28.0 Å². The van der Waals surface area contributed by atoms with Gasteiger partial charge in [-0.3, -0.25) is 14.5 Å². The summed E-state index contributed by atoms with van der Waals surface area (Å²) >= 11 is 8.98. The molecule has 0 aliphatic carbocycles. The van der Waals surface area contributed by atoms with Gasteiger partial charge in [-0.2, -0.15) is 0 Å². The van der Waals surface area contributed by atoms with Gasteiger partial charge >= 0.3 is 5.91 Å². The molecular weight excluding hydrogens is 630 g/mol. The Morgan fingerprint density at radius 1 is 1.11 bits per heavy atom. The molecule has 1 aromatic heterocycles. The molecule has 11 heteroatoms. The molecule has 45 heavy (non-hydrogen) atoms. The maximum absolute atomic E-state index is 13.7. The molecule has 6 rings (SSSR count). The first-order valence-corrected chi connectivity index (χ1v) is 17.1. The summed E-state index contributed by atoms with van der Waals surface area (Å²) < 4.78 is 12.5. The molecule has 0 radical (unpaired) electrons. The number of rotatable bonds is 11. The lowest BCUT2D eigenvalue weighted by Crippen LogP contribution is -2.29. The molecule has 4 aromatic rings. The Bertz CT molecular complexity index is 1770. The second kappa shape index (κ2) is 13.6. The van der Waals surface area contributed by atoms with E-state index >= 15 is 0 Å². The lowest BCUT2D eigenvalue weighted by Gasteiger charge is -2.23. The summed E-state index contributed by atoms with van der Waals surface area (Å²) in [7, 11) is 0. The van der Waals surface area contributed by atoms with E-state index in [4.69, 9.17) is 21.1 Å². The highest BCUT2D eigenvalue weighted by Crippen LogP contribution is 2.45. The average Bonchev–Trinajstić information content (AvgIpc) is 3.73. The molecule has 1 N–H and O–H groups in total. The number of aromatic nitrogens is 2. The monoisotopic (exact) mass is 661 g/mol. The van der Waals surface area contributed by atoms with E-state index in [1.807, 2.05) is 61.5 Å². The van der Waals surface area contributed by atoms with Crippen LogP contribution in [0.5, 0.6) is 11.5 Å². The van der Waals surface area contributed by atoms with E-state index in [0.29, 0.717) is 45.0 Å². The number of halogens is 1. The molecule has 2 atom stereocenters. The van der Waals surface area contributed by atoms with Crippen LogP contribution in [0.3, 0.4) is 0 Å². The molecule has 3 heterocycles. The molecule has 1 amide bonds. The maximum atomic E-state index is 13.7. The number of aliphatic hydroxyl groups is 1. The van der Waals surface area contributed by atoms with Crippen LogP contribution in [-0.2, 0) is 21.8 Å². The Morgan fingerprint density at radius 3 is 2.78 bits per heavy atom.